The summed E-state index contributed by atoms with van der Waals surface area (Å²) in [6, 6.07) is 0. The summed E-state index contributed by atoms with van der Waals surface area (Å²) in [7, 11) is 0. The third kappa shape index (κ3) is 5.37. The van der Waals surface area contributed by atoms with E-state index >= 15 is 0 Å². The maximum atomic E-state index is 9.76. The molecule has 0 aliphatic rings. The molecule has 0 aromatic rings. The Bertz CT molecular complexity index is 151. The van der Waals surface area contributed by atoms with Crippen LogP contribution in [-0.4, -0.2) is 30.7 Å². The van der Waals surface area contributed by atoms with E-state index in [1.807, 2.05) is 20.8 Å². The van der Waals surface area contributed by atoms with Crippen LogP contribution in [-0.2, 0) is 9.47 Å². The molecule has 0 fully saturated rings. The van der Waals surface area contributed by atoms with Crippen molar-refractivity contribution in [3.05, 3.63) is 12.2 Å². The van der Waals surface area contributed by atoms with E-state index in [-0.39, 0.29) is 0 Å². The van der Waals surface area contributed by atoms with Crippen molar-refractivity contribution in [1.29, 1.82) is 0 Å². The molecule has 0 saturated heterocycles. The molecule has 1 atom stereocenters. The number of aliphatic hydroxyl groups excluding tert-OH is 1. The summed E-state index contributed by atoms with van der Waals surface area (Å²) in [5.41, 5.74) is 1.02. The van der Waals surface area contributed by atoms with Crippen molar-refractivity contribution in [1.82, 2.24) is 0 Å². The first kappa shape index (κ1) is 13.6. The highest BCUT2D eigenvalue weighted by molar-refractivity contribution is 4.95. The van der Waals surface area contributed by atoms with Gasteiger partial charge in [-0.05, 0) is 26.7 Å². The zero-order valence-corrected chi connectivity index (χ0v) is 9.45. The van der Waals surface area contributed by atoms with Crippen molar-refractivity contribution >= 4 is 0 Å². The van der Waals surface area contributed by atoms with E-state index in [9.17, 15) is 5.11 Å². The SMILES string of the molecule is C=C(CC)CC(O)C(OCC)OCC. The zero-order chi connectivity index (χ0) is 11.0. The Morgan fingerprint density at radius 2 is 1.71 bits per heavy atom. The van der Waals surface area contributed by atoms with Crippen LogP contribution in [0, 0.1) is 0 Å². The monoisotopic (exact) mass is 202 g/mol. The van der Waals surface area contributed by atoms with Crippen LogP contribution < -0.4 is 0 Å². The molecule has 0 rings (SSSR count). The number of hydrogen-bond donors (Lipinski definition) is 1. The number of rotatable bonds is 8. The molecule has 14 heavy (non-hydrogen) atoms. The fraction of sp³-hybridized carbons (Fsp3) is 0.818. The molecule has 0 aliphatic carbocycles. The Labute approximate surface area is 86.7 Å². The lowest BCUT2D eigenvalue weighted by Crippen LogP contribution is -2.32. The molecule has 0 amide bonds. The van der Waals surface area contributed by atoms with E-state index in [1.54, 1.807) is 0 Å². The first-order valence-electron chi connectivity index (χ1n) is 5.23. The van der Waals surface area contributed by atoms with Crippen LogP contribution in [0.15, 0.2) is 12.2 Å². The summed E-state index contributed by atoms with van der Waals surface area (Å²) in [4.78, 5) is 0. The molecule has 3 nitrogen and oxygen atoms in total. The molecule has 0 bridgehead atoms. The Morgan fingerprint density at radius 3 is 2.07 bits per heavy atom. The quantitative estimate of drug-likeness (QED) is 0.484. The zero-order valence-electron chi connectivity index (χ0n) is 9.45. The van der Waals surface area contributed by atoms with E-state index in [0.717, 1.165) is 12.0 Å². The first-order valence-corrected chi connectivity index (χ1v) is 5.23. The highest BCUT2D eigenvalue weighted by Crippen LogP contribution is 2.13. The van der Waals surface area contributed by atoms with Gasteiger partial charge in [-0.1, -0.05) is 19.1 Å². The van der Waals surface area contributed by atoms with Gasteiger partial charge in [-0.3, -0.25) is 0 Å². The van der Waals surface area contributed by atoms with Crippen LogP contribution in [0.1, 0.15) is 33.6 Å². The second-order valence-electron chi connectivity index (χ2n) is 3.15. The van der Waals surface area contributed by atoms with Gasteiger partial charge in [-0.15, -0.1) is 0 Å². The van der Waals surface area contributed by atoms with E-state index < -0.39 is 12.4 Å². The molecule has 84 valence electrons. The molecule has 0 radical (unpaired) electrons. The number of hydrogen-bond acceptors (Lipinski definition) is 3. The fourth-order valence-corrected chi connectivity index (χ4v) is 1.14. The second-order valence-corrected chi connectivity index (χ2v) is 3.15. The molecule has 0 saturated carbocycles. The maximum Gasteiger partial charge on any atom is 0.183 e. The fourth-order valence-electron chi connectivity index (χ4n) is 1.14. The van der Waals surface area contributed by atoms with Crippen molar-refractivity contribution in [3.8, 4) is 0 Å². The van der Waals surface area contributed by atoms with Gasteiger partial charge in [0.25, 0.3) is 0 Å². The van der Waals surface area contributed by atoms with E-state index in [2.05, 4.69) is 6.58 Å². The van der Waals surface area contributed by atoms with Gasteiger partial charge in [0, 0.05) is 13.2 Å². The largest absolute Gasteiger partial charge is 0.387 e. The molecule has 0 aromatic heterocycles. The molecular weight excluding hydrogens is 180 g/mol. The predicted molar refractivity (Wildman–Crippen MR) is 57.1 cm³/mol. The van der Waals surface area contributed by atoms with Crippen LogP contribution in [0.2, 0.25) is 0 Å². The topological polar surface area (TPSA) is 38.7 Å². The molecule has 0 spiro atoms. The Hall–Kier alpha value is -0.380. The summed E-state index contributed by atoms with van der Waals surface area (Å²) in [5.74, 6) is 0. The van der Waals surface area contributed by atoms with Crippen LogP contribution in [0.25, 0.3) is 0 Å². The van der Waals surface area contributed by atoms with Gasteiger partial charge < -0.3 is 14.6 Å². The third-order valence-electron chi connectivity index (χ3n) is 1.97. The molecule has 3 heteroatoms. The average Bonchev–Trinajstić information content (AvgIpc) is 2.17. The smallest absolute Gasteiger partial charge is 0.183 e. The van der Waals surface area contributed by atoms with Gasteiger partial charge in [-0.2, -0.15) is 0 Å². The van der Waals surface area contributed by atoms with Crippen molar-refractivity contribution in [2.75, 3.05) is 13.2 Å². The molecular formula is C11H22O3. The minimum Gasteiger partial charge on any atom is -0.387 e. The minimum absolute atomic E-state index is 0.520. The minimum atomic E-state index is -0.609. The maximum absolute atomic E-state index is 9.76. The van der Waals surface area contributed by atoms with Crippen molar-refractivity contribution < 1.29 is 14.6 Å². The highest BCUT2D eigenvalue weighted by atomic mass is 16.7. The third-order valence-corrected chi connectivity index (χ3v) is 1.97. The normalized spacial score (nSPS) is 13.2. The molecule has 1 N–H and O–H groups in total. The lowest BCUT2D eigenvalue weighted by atomic mass is 10.1. The Morgan fingerprint density at radius 1 is 1.21 bits per heavy atom. The summed E-state index contributed by atoms with van der Waals surface area (Å²) >= 11 is 0. The second kappa shape index (κ2) is 7.97. The van der Waals surface area contributed by atoms with Crippen molar-refractivity contribution in [2.24, 2.45) is 0 Å². The van der Waals surface area contributed by atoms with Crippen LogP contribution in [0.5, 0.6) is 0 Å². The van der Waals surface area contributed by atoms with Gasteiger partial charge in [0.05, 0.1) is 0 Å². The van der Waals surface area contributed by atoms with Crippen molar-refractivity contribution in [2.45, 2.75) is 46.0 Å². The van der Waals surface area contributed by atoms with Crippen molar-refractivity contribution in [3.63, 3.8) is 0 Å². The summed E-state index contributed by atoms with van der Waals surface area (Å²) < 4.78 is 10.6. The molecule has 0 heterocycles. The Balaban J connectivity index is 3.99. The van der Waals surface area contributed by atoms with Crippen LogP contribution in [0.3, 0.4) is 0 Å². The predicted octanol–water partition coefficient (Wildman–Crippen LogP) is 2.10. The lowest BCUT2D eigenvalue weighted by Gasteiger charge is -2.22. The number of ether oxygens (including phenoxy) is 2. The van der Waals surface area contributed by atoms with Gasteiger partial charge in [0.15, 0.2) is 6.29 Å². The lowest BCUT2D eigenvalue weighted by molar-refractivity contribution is -0.188. The highest BCUT2D eigenvalue weighted by Gasteiger charge is 2.19. The van der Waals surface area contributed by atoms with Gasteiger partial charge >= 0.3 is 0 Å². The molecule has 0 aromatic carbocycles. The molecule has 1 unspecified atom stereocenters. The van der Waals surface area contributed by atoms with Gasteiger partial charge in [-0.25, -0.2) is 0 Å². The van der Waals surface area contributed by atoms with Gasteiger partial charge in [0.1, 0.15) is 6.10 Å². The van der Waals surface area contributed by atoms with Crippen LogP contribution >= 0.6 is 0 Å². The van der Waals surface area contributed by atoms with Gasteiger partial charge in [0.2, 0.25) is 0 Å². The van der Waals surface area contributed by atoms with E-state index in [0.29, 0.717) is 19.6 Å². The van der Waals surface area contributed by atoms with Crippen LogP contribution in [0.4, 0.5) is 0 Å². The molecule has 0 aliphatic heterocycles. The summed E-state index contributed by atoms with van der Waals surface area (Å²) in [5, 5.41) is 9.76. The summed E-state index contributed by atoms with van der Waals surface area (Å²) in [6.07, 6.45) is 0.291. The number of aliphatic hydroxyl groups is 1. The summed E-state index contributed by atoms with van der Waals surface area (Å²) in [6.45, 7) is 10.7. The average molecular weight is 202 g/mol. The Kier molecular flexibility index (Phi) is 7.76. The first-order chi connectivity index (χ1) is 6.65. The van der Waals surface area contributed by atoms with E-state index in [4.69, 9.17) is 9.47 Å². The van der Waals surface area contributed by atoms with E-state index in [1.165, 1.54) is 0 Å². The standard InChI is InChI=1S/C11H22O3/c1-5-9(4)8-10(12)11(13-6-2)14-7-3/h10-12H,4-8H2,1-3H3.